The van der Waals surface area contributed by atoms with Gasteiger partial charge in [-0.3, -0.25) is 9.48 Å². The number of aryl methyl sites for hydroxylation is 2. The van der Waals surface area contributed by atoms with Crippen molar-refractivity contribution >= 4 is 5.91 Å². The smallest absolute Gasteiger partial charge is 0.226 e. The second kappa shape index (κ2) is 5.31. The molecule has 0 bridgehead atoms. The van der Waals surface area contributed by atoms with Gasteiger partial charge in [-0.15, -0.1) is 0 Å². The number of hydrogen-bond acceptors (Lipinski definition) is 3. The summed E-state index contributed by atoms with van der Waals surface area (Å²) in [6, 6.07) is 0. The Morgan fingerprint density at radius 1 is 1.53 bits per heavy atom. The van der Waals surface area contributed by atoms with Crippen LogP contribution in [0.3, 0.4) is 0 Å². The van der Waals surface area contributed by atoms with Gasteiger partial charge in [0.1, 0.15) is 0 Å². The molecule has 0 saturated heterocycles. The number of hydrogen-bond donors (Lipinski definition) is 2. The number of rotatable bonds is 5. The number of carbonyl (C=O) groups excluding carboxylic acids is 1. The summed E-state index contributed by atoms with van der Waals surface area (Å²) in [7, 11) is 3.57. The highest BCUT2D eigenvalue weighted by atomic mass is 16.2. The van der Waals surface area contributed by atoms with E-state index in [0.717, 1.165) is 12.2 Å². The maximum absolute atomic E-state index is 11.6. The molecular weight excluding hydrogens is 216 g/mol. The zero-order valence-corrected chi connectivity index (χ0v) is 11.3. The third kappa shape index (κ3) is 3.56. The zero-order chi connectivity index (χ0) is 13.1. The molecule has 0 aliphatic heterocycles. The van der Waals surface area contributed by atoms with E-state index < -0.39 is 5.41 Å². The molecule has 1 heterocycles. The van der Waals surface area contributed by atoms with Gasteiger partial charge in [0.15, 0.2) is 0 Å². The maximum Gasteiger partial charge on any atom is 0.226 e. The summed E-state index contributed by atoms with van der Waals surface area (Å²) in [5.74, 6) is 0.0490. The molecule has 0 saturated carbocycles. The maximum atomic E-state index is 11.6. The van der Waals surface area contributed by atoms with Crippen molar-refractivity contribution in [3.63, 3.8) is 0 Å². The molecule has 0 aliphatic carbocycles. The second-order valence-corrected chi connectivity index (χ2v) is 4.98. The minimum Gasteiger partial charge on any atom is -0.359 e. The highest BCUT2D eigenvalue weighted by Crippen LogP contribution is 2.13. The largest absolute Gasteiger partial charge is 0.359 e. The van der Waals surface area contributed by atoms with E-state index in [1.165, 1.54) is 5.56 Å². The fraction of sp³-hybridized carbons (Fsp3) is 0.667. The van der Waals surface area contributed by atoms with E-state index in [-0.39, 0.29) is 5.91 Å². The summed E-state index contributed by atoms with van der Waals surface area (Å²) in [4.78, 5) is 11.6. The van der Waals surface area contributed by atoms with Crippen molar-refractivity contribution in [2.75, 3.05) is 13.6 Å². The first-order valence-corrected chi connectivity index (χ1v) is 5.79. The predicted molar refractivity (Wildman–Crippen MR) is 67.5 cm³/mol. The lowest BCUT2D eigenvalue weighted by molar-refractivity contribution is -0.128. The predicted octanol–water partition coefficient (Wildman–Crippen LogP) is 0.590. The van der Waals surface area contributed by atoms with Gasteiger partial charge in [-0.05, 0) is 20.8 Å². The molecule has 0 radical (unpaired) electrons. The Morgan fingerprint density at radius 3 is 2.65 bits per heavy atom. The monoisotopic (exact) mass is 238 g/mol. The van der Waals surface area contributed by atoms with Crippen molar-refractivity contribution in [3.05, 3.63) is 17.5 Å². The molecule has 96 valence electrons. The summed E-state index contributed by atoms with van der Waals surface area (Å²) in [5, 5.41) is 10.2. The Balaban J connectivity index is 2.48. The molecule has 1 aromatic rings. The Hall–Kier alpha value is -1.36. The SMILES string of the molecule is CNC(=O)C(C)(C)CNCc1cn(C)nc1C. The van der Waals surface area contributed by atoms with Gasteiger partial charge < -0.3 is 10.6 Å². The zero-order valence-electron chi connectivity index (χ0n) is 11.3. The van der Waals surface area contributed by atoms with Gasteiger partial charge >= 0.3 is 0 Å². The summed E-state index contributed by atoms with van der Waals surface area (Å²) < 4.78 is 1.80. The standard InChI is InChI=1S/C12H22N4O/c1-9-10(7-16(5)15-9)6-14-8-12(2,3)11(17)13-4/h7,14H,6,8H2,1-5H3,(H,13,17). The molecule has 0 atom stereocenters. The Morgan fingerprint density at radius 2 is 2.18 bits per heavy atom. The number of nitrogens with zero attached hydrogens (tertiary/aromatic N) is 2. The third-order valence-corrected chi connectivity index (χ3v) is 2.84. The number of nitrogens with one attached hydrogen (secondary N) is 2. The average Bonchev–Trinajstić information content (AvgIpc) is 2.56. The summed E-state index contributed by atoms with van der Waals surface area (Å²) in [6.45, 7) is 7.21. The quantitative estimate of drug-likeness (QED) is 0.789. The van der Waals surface area contributed by atoms with E-state index in [1.807, 2.05) is 34.0 Å². The molecule has 5 nitrogen and oxygen atoms in total. The van der Waals surface area contributed by atoms with Crippen LogP contribution in [0.2, 0.25) is 0 Å². The van der Waals surface area contributed by atoms with Gasteiger partial charge in [-0.25, -0.2) is 0 Å². The fourth-order valence-corrected chi connectivity index (χ4v) is 1.75. The number of carbonyl (C=O) groups is 1. The van der Waals surface area contributed by atoms with Gasteiger partial charge in [-0.1, -0.05) is 0 Å². The van der Waals surface area contributed by atoms with Crippen molar-refractivity contribution in [1.82, 2.24) is 20.4 Å². The fourth-order valence-electron chi connectivity index (χ4n) is 1.75. The number of aromatic nitrogens is 2. The van der Waals surface area contributed by atoms with Crippen molar-refractivity contribution < 1.29 is 4.79 Å². The van der Waals surface area contributed by atoms with Crippen molar-refractivity contribution in [1.29, 1.82) is 0 Å². The molecule has 5 heteroatoms. The molecule has 0 unspecified atom stereocenters. The first kappa shape index (κ1) is 13.7. The Bertz CT molecular complexity index is 395. The van der Waals surface area contributed by atoms with Crippen molar-refractivity contribution in [2.24, 2.45) is 12.5 Å². The normalized spacial score (nSPS) is 11.6. The van der Waals surface area contributed by atoms with Crippen LogP contribution in [0.25, 0.3) is 0 Å². The average molecular weight is 238 g/mol. The van der Waals surface area contributed by atoms with E-state index in [1.54, 1.807) is 11.7 Å². The second-order valence-electron chi connectivity index (χ2n) is 4.98. The van der Waals surface area contributed by atoms with Crippen LogP contribution in [-0.2, 0) is 18.4 Å². The van der Waals surface area contributed by atoms with Crippen LogP contribution in [0.4, 0.5) is 0 Å². The van der Waals surface area contributed by atoms with Crippen molar-refractivity contribution in [3.8, 4) is 0 Å². The van der Waals surface area contributed by atoms with Crippen molar-refractivity contribution in [2.45, 2.75) is 27.3 Å². The molecule has 17 heavy (non-hydrogen) atoms. The van der Waals surface area contributed by atoms with E-state index >= 15 is 0 Å². The van der Waals surface area contributed by atoms with Crippen LogP contribution < -0.4 is 10.6 Å². The molecule has 0 spiro atoms. The minimum atomic E-state index is -0.398. The van der Waals surface area contributed by atoms with Crippen LogP contribution in [0.5, 0.6) is 0 Å². The molecule has 0 aromatic carbocycles. The molecule has 2 N–H and O–H groups in total. The first-order chi connectivity index (χ1) is 7.86. The van der Waals surface area contributed by atoms with Gasteiger partial charge in [-0.2, -0.15) is 5.10 Å². The lowest BCUT2D eigenvalue weighted by Gasteiger charge is -2.22. The lowest BCUT2D eigenvalue weighted by atomic mass is 9.92. The molecule has 1 aromatic heterocycles. The van der Waals surface area contributed by atoms with E-state index in [4.69, 9.17) is 0 Å². The molecular formula is C12H22N4O. The summed E-state index contributed by atoms with van der Waals surface area (Å²) >= 11 is 0. The topological polar surface area (TPSA) is 59.0 Å². The van der Waals surface area contributed by atoms with Crippen LogP contribution in [0.15, 0.2) is 6.20 Å². The van der Waals surface area contributed by atoms with Crippen LogP contribution in [-0.4, -0.2) is 29.3 Å². The van der Waals surface area contributed by atoms with Crippen LogP contribution in [0, 0.1) is 12.3 Å². The van der Waals surface area contributed by atoms with Gasteiger partial charge in [0.2, 0.25) is 5.91 Å². The summed E-state index contributed by atoms with van der Waals surface area (Å²) in [6.07, 6.45) is 2.00. The van der Waals surface area contributed by atoms with Crippen LogP contribution >= 0.6 is 0 Å². The molecule has 1 rings (SSSR count). The molecule has 0 aliphatic rings. The third-order valence-electron chi connectivity index (χ3n) is 2.84. The highest BCUT2D eigenvalue weighted by Gasteiger charge is 2.25. The Kier molecular flexibility index (Phi) is 4.28. The van der Waals surface area contributed by atoms with Crippen LogP contribution in [0.1, 0.15) is 25.1 Å². The van der Waals surface area contributed by atoms with Gasteiger partial charge in [0.25, 0.3) is 0 Å². The first-order valence-electron chi connectivity index (χ1n) is 5.79. The van der Waals surface area contributed by atoms with Gasteiger partial charge in [0, 0.05) is 38.9 Å². The lowest BCUT2D eigenvalue weighted by Crippen LogP contribution is -2.41. The molecule has 0 fully saturated rings. The Labute approximate surface area is 103 Å². The molecule has 1 amide bonds. The van der Waals surface area contributed by atoms with E-state index in [2.05, 4.69) is 15.7 Å². The van der Waals surface area contributed by atoms with Gasteiger partial charge in [0.05, 0.1) is 11.1 Å². The number of amides is 1. The minimum absolute atomic E-state index is 0.0490. The van der Waals surface area contributed by atoms with E-state index in [9.17, 15) is 4.79 Å². The van der Waals surface area contributed by atoms with E-state index in [0.29, 0.717) is 6.54 Å². The highest BCUT2D eigenvalue weighted by molar-refractivity contribution is 5.81. The summed E-state index contributed by atoms with van der Waals surface area (Å²) in [5.41, 5.74) is 1.79.